The number of hydrogen-bond donors (Lipinski definition) is 0. The molecule has 0 aliphatic heterocycles. The summed E-state index contributed by atoms with van der Waals surface area (Å²) < 4.78 is 26.7. The third-order valence-corrected chi connectivity index (χ3v) is 2.35. The third kappa shape index (κ3) is 2.00. The van der Waals surface area contributed by atoms with E-state index in [1.54, 1.807) is 24.3 Å². The average Bonchev–Trinajstić information content (AvgIpc) is 2.20. The van der Waals surface area contributed by atoms with Crippen LogP contribution in [0, 0.1) is 11.6 Å². The van der Waals surface area contributed by atoms with Crippen LogP contribution in [0.5, 0.6) is 0 Å². The normalized spacial score (nSPS) is 10.3. The Kier molecular flexibility index (Phi) is 2.69. The standard InChI is InChI=1S/C12H7ClF2/c13-9-6-4-8(5-7-9)12-10(14)2-1-3-11(12)15/h1-7H. The Bertz CT molecular complexity index is 457. The van der Waals surface area contributed by atoms with Gasteiger partial charge in [-0.25, -0.2) is 8.78 Å². The first kappa shape index (κ1) is 10.1. The molecule has 2 rings (SSSR count). The molecule has 0 aliphatic rings. The van der Waals surface area contributed by atoms with Crippen molar-refractivity contribution in [2.45, 2.75) is 0 Å². The Morgan fingerprint density at radius 2 is 1.33 bits per heavy atom. The summed E-state index contributed by atoms with van der Waals surface area (Å²) in [6, 6.07) is 10.2. The van der Waals surface area contributed by atoms with Crippen molar-refractivity contribution < 1.29 is 8.78 Å². The van der Waals surface area contributed by atoms with Crippen molar-refractivity contribution in [1.29, 1.82) is 0 Å². The molecule has 0 atom stereocenters. The predicted molar refractivity (Wildman–Crippen MR) is 56.8 cm³/mol. The summed E-state index contributed by atoms with van der Waals surface area (Å²) in [4.78, 5) is 0. The molecule has 2 aromatic carbocycles. The highest BCUT2D eigenvalue weighted by Crippen LogP contribution is 2.26. The van der Waals surface area contributed by atoms with Gasteiger partial charge in [-0.1, -0.05) is 29.8 Å². The van der Waals surface area contributed by atoms with Crippen LogP contribution in [0.15, 0.2) is 42.5 Å². The van der Waals surface area contributed by atoms with Crippen LogP contribution in [0.1, 0.15) is 0 Å². The fourth-order valence-corrected chi connectivity index (χ4v) is 1.52. The Morgan fingerprint density at radius 3 is 1.87 bits per heavy atom. The second-order valence-electron chi connectivity index (χ2n) is 3.10. The molecule has 0 fully saturated rings. The van der Waals surface area contributed by atoms with Gasteiger partial charge in [0.25, 0.3) is 0 Å². The molecule has 0 N–H and O–H groups in total. The molecule has 0 spiro atoms. The van der Waals surface area contributed by atoms with Gasteiger partial charge in [-0.15, -0.1) is 0 Å². The highest BCUT2D eigenvalue weighted by molar-refractivity contribution is 6.30. The van der Waals surface area contributed by atoms with Crippen LogP contribution in [-0.4, -0.2) is 0 Å². The molecule has 0 radical (unpaired) electrons. The summed E-state index contributed by atoms with van der Waals surface area (Å²) in [5.41, 5.74) is 0.462. The van der Waals surface area contributed by atoms with Crippen molar-refractivity contribution in [3.05, 3.63) is 59.1 Å². The summed E-state index contributed by atoms with van der Waals surface area (Å²) >= 11 is 5.69. The van der Waals surface area contributed by atoms with Crippen LogP contribution in [0.25, 0.3) is 11.1 Å². The molecule has 0 aromatic heterocycles. The van der Waals surface area contributed by atoms with E-state index in [0.717, 1.165) is 0 Å². The zero-order valence-corrected chi connectivity index (χ0v) is 8.43. The van der Waals surface area contributed by atoms with E-state index in [0.29, 0.717) is 10.6 Å². The molecular weight excluding hydrogens is 218 g/mol. The van der Waals surface area contributed by atoms with Crippen molar-refractivity contribution in [2.24, 2.45) is 0 Å². The first-order valence-corrected chi connectivity index (χ1v) is 4.76. The van der Waals surface area contributed by atoms with Gasteiger partial charge in [-0.2, -0.15) is 0 Å². The Balaban J connectivity index is 2.58. The first-order valence-electron chi connectivity index (χ1n) is 4.38. The van der Waals surface area contributed by atoms with E-state index in [1.807, 2.05) is 0 Å². The van der Waals surface area contributed by atoms with Gasteiger partial charge in [0.05, 0.1) is 5.56 Å². The molecule has 0 unspecified atom stereocenters. The van der Waals surface area contributed by atoms with Gasteiger partial charge in [0.15, 0.2) is 0 Å². The van der Waals surface area contributed by atoms with Gasteiger partial charge in [-0.3, -0.25) is 0 Å². The minimum atomic E-state index is -0.572. The molecule has 0 bridgehead atoms. The quantitative estimate of drug-likeness (QED) is 0.678. The van der Waals surface area contributed by atoms with Gasteiger partial charge >= 0.3 is 0 Å². The largest absolute Gasteiger partial charge is 0.206 e. The summed E-state index contributed by atoms with van der Waals surface area (Å²) in [7, 11) is 0. The van der Waals surface area contributed by atoms with Crippen molar-refractivity contribution in [3.63, 3.8) is 0 Å². The predicted octanol–water partition coefficient (Wildman–Crippen LogP) is 4.29. The van der Waals surface area contributed by atoms with Gasteiger partial charge in [0.1, 0.15) is 11.6 Å². The van der Waals surface area contributed by atoms with Crippen LogP contribution < -0.4 is 0 Å². The summed E-state index contributed by atoms with van der Waals surface area (Å²) in [6.45, 7) is 0. The van der Waals surface area contributed by atoms with Crippen molar-refractivity contribution >= 4 is 11.6 Å². The van der Waals surface area contributed by atoms with Gasteiger partial charge < -0.3 is 0 Å². The third-order valence-electron chi connectivity index (χ3n) is 2.10. The molecule has 0 heterocycles. The SMILES string of the molecule is Fc1cccc(F)c1-c1ccc(Cl)cc1. The summed E-state index contributed by atoms with van der Waals surface area (Å²) in [6.07, 6.45) is 0. The molecule has 0 saturated heterocycles. The van der Waals surface area contributed by atoms with Crippen LogP contribution in [0.4, 0.5) is 8.78 Å². The Hall–Kier alpha value is -1.41. The number of benzene rings is 2. The molecule has 0 nitrogen and oxygen atoms in total. The number of halogens is 3. The fourth-order valence-electron chi connectivity index (χ4n) is 1.39. The smallest absolute Gasteiger partial charge is 0.133 e. The van der Waals surface area contributed by atoms with E-state index in [1.165, 1.54) is 18.2 Å². The van der Waals surface area contributed by atoms with E-state index in [9.17, 15) is 8.78 Å². The van der Waals surface area contributed by atoms with Gasteiger partial charge in [0.2, 0.25) is 0 Å². The van der Waals surface area contributed by atoms with Crippen LogP contribution >= 0.6 is 11.6 Å². The topological polar surface area (TPSA) is 0 Å². The van der Waals surface area contributed by atoms with E-state index >= 15 is 0 Å². The zero-order valence-electron chi connectivity index (χ0n) is 7.68. The zero-order chi connectivity index (χ0) is 10.8. The molecule has 0 aliphatic carbocycles. The monoisotopic (exact) mass is 224 g/mol. The Morgan fingerprint density at radius 1 is 0.800 bits per heavy atom. The maximum atomic E-state index is 13.4. The van der Waals surface area contributed by atoms with E-state index in [4.69, 9.17) is 11.6 Å². The summed E-state index contributed by atoms with van der Waals surface area (Å²) in [5.74, 6) is -1.14. The highest BCUT2D eigenvalue weighted by Gasteiger charge is 2.09. The number of rotatable bonds is 1. The molecular formula is C12H7ClF2. The lowest BCUT2D eigenvalue weighted by atomic mass is 10.0. The lowest BCUT2D eigenvalue weighted by Crippen LogP contribution is -1.88. The molecule has 15 heavy (non-hydrogen) atoms. The molecule has 3 heteroatoms. The minimum Gasteiger partial charge on any atom is -0.206 e. The van der Waals surface area contributed by atoms with Crippen LogP contribution in [-0.2, 0) is 0 Å². The summed E-state index contributed by atoms with van der Waals surface area (Å²) in [5, 5.41) is 0.537. The maximum Gasteiger partial charge on any atom is 0.133 e. The number of hydrogen-bond acceptors (Lipinski definition) is 0. The molecule has 0 amide bonds. The second kappa shape index (κ2) is 3.99. The lowest BCUT2D eigenvalue weighted by Gasteiger charge is -2.04. The van der Waals surface area contributed by atoms with Crippen molar-refractivity contribution in [2.75, 3.05) is 0 Å². The van der Waals surface area contributed by atoms with Crippen LogP contribution in [0.2, 0.25) is 5.02 Å². The van der Waals surface area contributed by atoms with Crippen molar-refractivity contribution in [1.82, 2.24) is 0 Å². The molecule has 0 saturated carbocycles. The minimum absolute atomic E-state index is 0.0193. The highest BCUT2D eigenvalue weighted by atomic mass is 35.5. The average molecular weight is 225 g/mol. The van der Waals surface area contributed by atoms with E-state index in [2.05, 4.69) is 0 Å². The second-order valence-corrected chi connectivity index (χ2v) is 3.54. The maximum absolute atomic E-state index is 13.4. The Labute approximate surface area is 91.1 Å². The fraction of sp³-hybridized carbons (Fsp3) is 0. The molecule has 2 aromatic rings. The van der Waals surface area contributed by atoms with Gasteiger partial charge in [-0.05, 0) is 29.8 Å². The first-order chi connectivity index (χ1) is 7.18. The molecule has 76 valence electrons. The van der Waals surface area contributed by atoms with Gasteiger partial charge in [0, 0.05) is 5.02 Å². The van der Waals surface area contributed by atoms with E-state index < -0.39 is 11.6 Å². The van der Waals surface area contributed by atoms with Crippen molar-refractivity contribution in [3.8, 4) is 11.1 Å². The van der Waals surface area contributed by atoms with Crippen LogP contribution in [0.3, 0.4) is 0 Å². The lowest BCUT2D eigenvalue weighted by molar-refractivity contribution is 0.589. The van der Waals surface area contributed by atoms with E-state index in [-0.39, 0.29) is 5.56 Å².